The first kappa shape index (κ1) is 18.0. The van der Waals surface area contributed by atoms with E-state index in [2.05, 4.69) is 0 Å². The molecule has 0 aromatic heterocycles. The molecule has 2 aliphatic rings. The van der Waals surface area contributed by atoms with E-state index in [9.17, 15) is 20.1 Å². The third-order valence-corrected chi connectivity index (χ3v) is 4.89. The molecule has 2 heterocycles. The van der Waals surface area contributed by atoms with Gasteiger partial charge in [0.25, 0.3) is 0 Å². The molecule has 3 N–H and O–H groups in total. The molecular formula is C18H21ClO6. The van der Waals surface area contributed by atoms with Gasteiger partial charge in [-0.3, -0.25) is 0 Å². The van der Waals surface area contributed by atoms with Crippen LogP contribution in [0.2, 0.25) is 5.02 Å². The molecule has 0 bridgehead atoms. The summed E-state index contributed by atoms with van der Waals surface area (Å²) in [5.74, 6) is -1.51. The Balaban J connectivity index is 1.95. The Kier molecular flexibility index (Phi) is 5.22. The highest BCUT2D eigenvalue weighted by atomic mass is 35.5. The zero-order valence-electron chi connectivity index (χ0n) is 13.8. The van der Waals surface area contributed by atoms with E-state index >= 15 is 0 Å². The van der Waals surface area contributed by atoms with Crippen LogP contribution < -0.4 is 0 Å². The van der Waals surface area contributed by atoms with Gasteiger partial charge in [0.05, 0.1) is 23.3 Å². The quantitative estimate of drug-likeness (QED) is 0.370. The molecule has 1 aromatic carbocycles. The predicted octanol–water partition coefficient (Wildman–Crippen LogP) is 2.71. The van der Waals surface area contributed by atoms with E-state index in [-0.39, 0.29) is 40.5 Å². The highest BCUT2D eigenvalue weighted by Gasteiger charge is 2.39. The van der Waals surface area contributed by atoms with Crippen LogP contribution in [-0.2, 0) is 15.9 Å². The Morgan fingerprint density at radius 3 is 2.64 bits per heavy atom. The van der Waals surface area contributed by atoms with Gasteiger partial charge in [0.1, 0.15) is 23.2 Å². The van der Waals surface area contributed by atoms with Gasteiger partial charge in [-0.2, -0.15) is 0 Å². The fraction of sp³-hybridized carbons (Fsp3) is 0.500. The monoisotopic (exact) mass is 368 g/mol. The average molecular weight is 369 g/mol. The number of esters is 1. The largest absolute Gasteiger partial charge is 0.507 e. The number of benzene rings is 1. The van der Waals surface area contributed by atoms with Crippen LogP contribution in [0.15, 0.2) is 18.2 Å². The summed E-state index contributed by atoms with van der Waals surface area (Å²) >= 11 is 6.11. The van der Waals surface area contributed by atoms with Crippen molar-refractivity contribution >= 4 is 17.6 Å². The third kappa shape index (κ3) is 4.08. The van der Waals surface area contributed by atoms with Gasteiger partial charge < -0.3 is 24.8 Å². The van der Waals surface area contributed by atoms with Crippen molar-refractivity contribution in [1.82, 2.24) is 0 Å². The maximum Gasteiger partial charge on any atom is 0.342 e. The van der Waals surface area contributed by atoms with Crippen molar-refractivity contribution in [2.75, 3.05) is 0 Å². The molecule has 1 aromatic rings. The van der Waals surface area contributed by atoms with Gasteiger partial charge in [0.2, 0.25) is 0 Å². The number of hydrogen-bond acceptors (Lipinski definition) is 6. The number of carbonyl (C=O) groups is 1. The molecule has 3 rings (SSSR count). The van der Waals surface area contributed by atoms with Crippen LogP contribution in [0.3, 0.4) is 0 Å². The summed E-state index contributed by atoms with van der Waals surface area (Å²) in [5.41, 5.74) is 0.0536. The van der Waals surface area contributed by atoms with E-state index < -0.39 is 23.9 Å². The van der Waals surface area contributed by atoms with Gasteiger partial charge in [-0.25, -0.2) is 4.79 Å². The summed E-state index contributed by atoms with van der Waals surface area (Å²) in [6.07, 6.45) is 4.41. The lowest BCUT2D eigenvalue weighted by molar-refractivity contribution is 0.0305. The Labute approximate surface area is 150 Å². The Morgan fingerprint density at radius 1 is 1.16 bits per heavy atom. The molecule has 6 nitrogen and oxygen atoms in total. The Morgan fingerprint density at radius 2 is 1.88 bits per heavy atom. The number of aliphatic hydroxyl groups excluding tert-OH is 1. The van der Waals surface area contributed by atoms with Gasteiger partial charge in [0, 0.05) is 18.9 Å². The SMILES string of the molecule is C[C@@H]1C[C@H]2O[C@@H]2C/C=C/C[C@H](O)Cc2c(Cl)c(O)cc(O)c2C(=O)O1. The lowest BCUT2D eigenvalue weighted by atomic mass is 9.98. The molecule has 7 heteroatoms. The number of cyclic esters (lactones) is 1. The number of aliphatic hydroxyl groups is 1. The first-order valence-electron chi connectivity index (χ1n) is 8.29. The Hall–Kier alpha value is -1.76. The number of fused-ring (bicyclic) bond motifs is 2. The number of epoxide rings is 1. The van der Waals surface area contributed by atoms with E-state index in [1.807, 2.05) is 12.2 Å². The van der Waals surface area contributed by atoms with Crippen molar-refractivity contribution in [2.45, 2.75) is 57.0 Å². The van der Waals surface area contributed by atoms with Crippen LogP contribution in [0.1, 0.15) is 42.1 Å². The molecule has 1 fully saturated rings. The second kappa shape index (κ2) is 7.23. The molecule has 0 radical (unpaired) electrons. The molecule has 25 heavy (non-hydrogen) atoms. The van der Waals surface area contributed by atoms with Crippen LogP contribution in [0.25, 0.3) is 0 Å². The van der Waals surface area contributed by atoms with Crippen LogP contribution >= 0.6 is 11.6 Å². The van der Waals surface area contributed by atoms with Crippen LogP contribution in [0.4, 0.5) is 0 Å². The molecule has 0 aliphatic carbocycles. The van der Waals surface area contributed by atoms with Crippen LogP contribution in [-0.4, -0.2) is 45.7 Å². The van der Waals surface area contributed by atoms with Crippen LogP contribution in [0.5, 0.6) is 11.5 Å². The van der Waals surface area contributed by atoms with E-state index in [0.29, 0.717) is 12.8 Å². The Bertz CT molecular complexity index is 701. The molecule has 1 saturated heterocycles. The second-order valence-electron chi connectivity index (χ2n) is 6.55. The lowest BCUT2D eigenvalue weighted by Gasteiger charge is -2.18. The molecule has 4 atom stereocenters. The molecule has 0 amide bonds. The third-order valence-electron chi connectivity index (χ3n) is 4.47. The number of halogens is 1. The zero-order chi connectivity index (χ0) is 18.1. The van der Waals surface area contributed by atoms with E-state index in [1.165, 1.54) is 0 Å². The number of ether oxygens (including phenoxy) is 2. The van der Waals surface area contributed by atoms with Crippen LogP contribution in [0, 0.1) is 0 Å². The average Bonchev–Trinajstić information content (AvgIpc) is 3.25. The van der Waals surface area contributed by atoms with Gasteiger partial charge in [-0.1, -0.05) is 23.8 Å². The number of rotatable bonds is 0. The molecule has 0 saturated carbocycles. The summed E-state index contributed by atoms with van der Waals surface area (Å²) in [6.45, 7) is 1.76. The maximum atomic E-state index is 12.5. The minimum Gasteiger partial charge on any atom is -0.507 e. The zero-order valence-corrected chi connectivity index (χ0v) is 14.6. The molecule has 0 unspecified atom stereocenters. The van der Waals surface area contributed by atoms with Crippen molar-refractivity contribution in [3.8, 4) is 11.5 Å². The number of hydrogen-bond donors (Lipinski definition) is 3. The van der Waals surface area contributed by atoms with Crippen molar-refractivity contribution in [3.63, 3.8) is 0 Å². The van der Waals surface area contributed by atoms with Crippen molar-refractivity contribution in [3.05, 3.63) is 34.4 Å². The van der Waals surface area contributed by atoms with E-state index in [4.69, 9.17) is 21.1 Å². The highest BCUT2D eigenvalue weighted by Crippen LogP contribution is 2.38. The topological polar surface area (TPSA) is 99.5 Å². The summed E-state index contributed by atoms with van der Waals surface area (Å²) in [6, 6.07) is 1.00. The highest BCUT2D eigenvalue weighted by molar-refractivity contribution is 6.33. The van der Waals surface area contributed by atoms with Gasteiger partial charge in [-0.05, 0) is 25.3 Å². The second-order valence-corrected chi connectivity index (χ2v) is 6.93. The van der Waals surface area contributed by atoms with Crippen molar-refractivity contribution in [2.24, 2.45) is 0 Å². The van der Waals surface area contributed by atoms with Gasteiger partial charge in [-0.15, -0.1) is 0 Å². The summed E-state index contributed by atoms with van der Waals surface area (Å²) < 4.78 is 11.0. The normalized spacial score (nSPS) is 31.2. The summed E-state index contributed by atoms with van der Waals surface area (Å²) in [4.78, 5) is 12.5. The lowest BCUT2D eigenvalue weighted by Crippen LogP contribution is -2.20. The van der Waals surface area contributed by atoms with E-state index in [1.54, 1.807) is 6.92 Å². The minimum atomic E-state index is -0.821. The number of carbonyl (C=O) groups excluding carboxylic acids is 1. The molecule has 136 valence electrons. The van der Waals surface area contributed by atoms with Crippen molar-refractivity contribution < 1.29 is 29.6 Å². The van der Waals surface area contributed by atoms with Gasteiger partial charge >= 0.3 is 5.97 Å². The standard InChI is InChI=1S/C18H21ClO6/c1-9-6-15-14(25-15)5-3-2-4-10(20)7-11-16(18(23)24-9)12(21)8-13(22)17(11)19/h2-3,8-10,14-15,20-22H,4-7H2,1H3/b3-2+/t9-,10+,14-,15-/m1/s1. The fourth-order valence-electron chi connectivity index (χ4n) is 3.12. The first-order chi connectivity index (χ1) is 11.9. The summed E-state index contributed by atoms with van der Waals surface area (Å²) in [7, 11) is 0. The maximum absolute atomic E-state index is 12.5. The summed E-state index contributed by atoms with van der Waals surface area (Å²) in [5, 5.41) is 30.1. The molecule has 2 aliphatic heterocycles. The number of phenolic OH excluding ortho intramolecular Hbond substituents is 2. The smallest absolute Gasteiger partial charge is 0.342 e. The number of aromatic hydroxyl groups is 2. The first-order valence-corrected chi connectivity index (χ1v) is 8.67. The number of phenols is 2. The predicted molar refractivity (Wildman–Crippen MR) is 91.0 cm³/mol. The fourth-order valence-corrected chi connectivity index (χ4v) is 3.34. The van der Waals surface area contributed by atoms with Crippen molar-refractivity contribution in [1.29, 1.82) is 0 Å². The molecular weight excluding hydrogens is 348 g/mol. The minimum absolute atomic E-state index is 0.00645. The van der Waals surface area contributed by atoms with E-state index in [0.717, 1.165) is 12.5 Å². The molecule has 0 spiro atoms. The van der Waals surface area contributed by atoms with Gasteiger partial charge in [0.15, 0.2) is 0 Å².